The van der Waals surface area contributed by atoms with Gasteiger partial charge in [-0.25, -0.2) is 10.1 Å². The van der Waals surface area contributed by atoms with E-state index in [0.29, 0.717) is 35.5 Å². The van der Waals surface area contributed by atoms with Crippen LogP contribution in [-0.2, 0) is 6.54 Å². The fourth-order valence-electron chi connectivity index (χ4n) is 4.06. The maximum atomic E-state index is 12.7. The van der Waals surface area contributed by atoms with Crippen LogP contribution in [0.2, 0.25) is 0 Å². The molecule has 0 aliphatic carbocycles. The summed E-state index contributed by atoms with van der Waals surface area (Å²) in [4.78, 5) is 28.9. The summed E-state index contributed by atoms with van der Waals surface area (Å²) in [5, 5.41) is 20.7. The van der Waals surface area contributed by atoms with E-state index >= 15 is 0 Å². The Hall–Kier alpha value is -4.47. The second kappa shape index (κ2) is 8.23. The largest absolute Gasteiger partial charge is 0.319 e. The van der Waals surface area contributed by atoms with Crippen molar-refractivity contribution in [3.8, 4) is 22.5 Å². The Morgan fingerprint density at radius 3 is 2.42 bits per heavy atom. The maximum absolute atomic E-state index is 12.7. The first kappa shape index (κ1) is 20.4. The van der Waals surface area contributed by atoms with Gasteiger partial charge in [0.25, 0.3) is 5.56 Å². The number of tetrazole rings is 1. The lowest BCUT2D eigenvalue weighted by molar-refractivity contribution is 0.111. The van der Waals surface area contributed by atoms with E-state index in [4.69, 9.17) is 0 Å². The number of nitrogens with one attached hydrogen (secondary N) is 2. The van der Waals surface area contributed by atoms with E-state index < -0.39 is 0 Å². The van der Waals surface area contributed by atoms with Gasteiger partial charge >= 0.3 is 0 Å². The van der Waals surface area contributed by atoms with Crippen LogP contribution in [0.4, 0.5) is 0 Å². The van der Waals surface area contributed by atoms with Gasteiger partial charge < -0.3 is 4.57 Å². The highest BCUT2D eigenvalue weighted by molar-refractivity contribution is 5.92. The second-order valence-corrected chi connectivity index (χ2v) is 7.90. The number of H-pyrrole nitrogens is 2. The highest BCUT2D eigenvalue weighted by atomic mass is 16.1. The summed E-state index contributed by atoms with van der Waals surface area (Å²) in [6, 6.07) is 15.8. The lowest BCUT2D eigenvalue weighted by Crippen LogP contribution is -2.16. The highest BCUT2D eigenvalue weighted by Gasteiger charge is 2.21. The number of imidazole rings is 1. The van der Waals surface area contributed by atoms with Gasteiger partial charge in [-0.15, -0.1) is 10.2 Å². The second-order valence-electron chi connectivity index (χ2n) is 7.90. The normalized spacial score (nSPS) is 11.4. The molecule has 164 valence electrons. The zero-order valence-electron chi connectivity index (χ0n) is 18.0. The number of carbonyl (C=O) groups excluding carboxylic acids is 1. The molecule has 3 heterocycles. The minimum atomic E-state index is -0.389. The van der Waals surface area contributed by atoms with Gasteiger partial charge in [0, 0.05) is 11.5 Å². The fourth-order valence-corrected chi connectivity index (χ4v) is 4.06. The predicted molar refractivity (Wildman–Crippen MR) is 122 cm³/mol. The summed E-state index contributed by atoms with van der Waals surface area (Å²) in [7, 11) is 0. The van der Waals surface area contributed by atoms with E-state index in [2.05, 4.69) is 35.8 Å². The van der Waals surface area contributed by atoms with E-state index in [9.17, 15) is 9.59 Å². The molecule has 5 rings (SSSR count). The van der Waals surface area contributed by atoms with Crippen molar-refractivity contribution >= 4 is 17.3 Å². The summed E-state index contributed by atoms with van der Waals surface area (Å²) >= 11 is 0. The molecule has 0 saturated heterocycles. The number of hydrogen-bond acceptors (Lipinski definition) is 7. The molecule has 2 aromatic carbocycles. The molecule has 5 aromatic rings. The maximum Gasteiger partial charge on any atom is 0.290 e. The van der Waals surface area contributed by atoms with E-state index in [1.807, 2.05) is 66.9 Å². The van der Waals surface area contributed by atoms with Crippen LogP contribution in [0.3, 0.4) is 0 Å². The van der Waals surface area contributed by atoms with Crippen LogP contribution >= 0.6 is 0 Å². The Bertz CT molecular complexity index is 1520. The van der Waals surface area contributed by atoms with Crippen LogP contribution in [0.5, 0.6) is 0 Å². The van der Waals surface area contributed by atoms with Crippen molar-refractivity contribution in [3.63, 3.8) is 0 Å². The molecule has 2 N–H and O–H groups in total. The number of benzene rings is 2. The lowest BCUT2D eigenvalue weighted by Gasteiger charge is -2.16. The third-order valence-corrected chi connectivity index (χ3v) is 5.51. The van der Waals surface area contributed by atoms with Gasteiger partial charge in [-0.2, -0.15) is 10.3 Å². The van der Waals surface area contributed by atoms with Crippen molar-refractivity contribution in [2.45, 2.75) is 26.3 Å². The summed E-state index contributed by atoms with van der Waals surface area (Å²) in [5.41, 5.74) is 4.08. The molecule has 0 bridgehead atoms. The van der Waals surface area contributed by atoms with Crippen molar-refractivity contribution in [1.82, 2.24) is 40.4 Å². The van der Waals surface area contributed by atoms with Crippen molar-refractivity contribution < 1.29 is 4.79 Å². The number of aromatic amines is 2. The number of carbonyl (C=O) groups is 1. The molecule has 0 unspecified atom stereocenters. The number of aldehydes is 1. The molecule has 10 heteroatoms. The molecule has 0 atom stereocenters. The molecule has 0 amide bonds. The number of hydrogen-bond donors (Lipinski definition) is 2. The molecular formula is C23H20N8O2. The van der Waals surface area contributed by atoms with Gasteiger partial charge in [0.15, 0.2) is 12.0 Å². The molecule has 0 fully saturated rings. The van der Waals surface area contributed by atoms with Crippen LogP contribution in [0.15, 0.2) is 53.3 Å². The summed E-state index contributed by atoms with van der Waals surface area (Å²) in [5.74, 6) is 1.22. The first-order valence-corrected chi connectivity index (χ1v) is 10.4. The standard InChI is InChI=1S/C23H20N8O2/c1-13(2)22-24-19-18(12-32)25-28-23(33)20(19)31(22)11-14-7-3-4-8-15(14)16-9-5-6-10-17(16)21-26-29-30-27-21/h3-10,12-13H,11H2,1-2H3,(H,28,33)(H,26,27,29,30). The first-order chi connectivity index (χ1) is 16.1. The zero-order chi connectivity index (χ0) is 22.9. The SMILES string of the molecule is CC(C)c1nc2c(C=O)n[nH]c(=O)c2n1Cc1ccccc1-c1ccccc1-c1nn[nH]n1. The molecule has 0 saturated carbocycles. The van der Waals surface area contributed by atoms with Crippen molar-refractivity contribution in [2.24, 2.45) is 0 Å². The molecule has 0 radical (unpaired) electrons. The molecule has 0 spiro atoms. The van der Waals surface area contributed by atoms with E-state index in [1.165, 1.54) is 0 Å². The van der Waals surface area contributed by atoms with Crippen LogP contribution in [0.1, 0.15) is 41.6 Å². The molecule has 10 nitrogen and oxygen atoms in total. The fraction of sp³-hybridized carbons (Fsp3) is 0.174. The third kappa shape index (κ3) is 3.51. The van der Waals surface area contributed by atoms with Gasteiger partial charge in [-0.1, -0.05) is 62.4 Å². The average molecular weight is 440 g/mol. The highest BCUT2D eigenvalue weighted by Crippen LogP contribution is 2.33. The number of aromatic nitrogens is 8. The predicted octanol–water partition coefficient (Wildman–Crippen LogP) is 2.95. The smallest absolute Gasteiger partial charge is 0.290 e. The molecule has 33 heavy (non-hydrogen) atoms. The van der Waals surface area contributed by atoms with Crippen LogP contribution in [-0.4, -0.2) is 46.7 Å². The molecule has 0 aliphatic rings. The van der Waals surface area contributed by atoms with Crippen molar-refractivity contribution in [2.75, 3.05) is 0 Å². The minimum absolute atomic E-state index is 0.0232. The van der Waals surface area contributed by atoms with Gasteiger partial charge in [-0.3, -0.25) is 9.59 Å². The lowest BCUT2D eigenvalue weighted by atomic mass is 9.95. The van der Waals surface area contributed by atoms with Crippen LogP contribution in [0, 0.1) is 0 Å². The first-order valence-electron chi connectivity index (χ1n) is 10.4. The number of rotatable bonds is 6. The monoisotopic (exact) mass is 440 g/mol. The van der Waals surface area contributed by atoms with Crippen LogP contribution < -0.4 is 5.56 Å². The topological polar surface area (TPSA) is 135 Å². The van der Waals surface area contributed by atoms with Crippen molar-refractivity contribution in [3.05, 3.63) is 76.0 Å². The summed E-state index contributed by atoms with van der Waals surface area (Å²) < 4.78 is 1.86. The van der Waals surface area contributed by atoms with E-state index in [0.717, 1.165) is 22.3 Å². The quantitative estimate of drug-likeness (QED) is 0.388. The van der Waals surface area contributed by atoms with E-state index in [1.54, 1.807) is 0 Å². The number of nitrogens with zero attached hydrogens (tertiary/aromatic N) is 6. The summed E-state index contributed by atoms with van der Waals surface area (Å²) in [6.07, 6.45) is 0.606. The zero-order valence-corrected chi connectivity index (χ0v) is 18.0. The Morgan fingerprint density at radius 1 is 1.00 bits per heavy atom. The minimum Gasteiger partial charge on any atom is -0.319 e. The van der Waals surface area contributed by atoms with Gasteiger partial charge in [0.2, 0.25) is 5.82 Å². The number of fused-ring (bicyclic) bond motifs is 1. The van der Waals surface area contributed by atoms with Gasteiger partial charge in [0.05, 0.1) is 6.54 Å². The Morgan fingerprint density at radius 2 is 1.73 bits per heavy atom. The Balaban J connectivity index is 1.71. The average Bonchev–Trinajstić information content (AvgIpc) is 3.49. The molecular weight excluding hydrogens is 420 g/mol. The third-order valence-electron chi connectivity index (χ3n) is 5.51. The van der Waals surface area contributed by atoms with Crippen molar-refractivity contribution in [1.29, 1.82) is 0 Å². The molecule has 0 aliphatic heterocycles. The summed E-state index contributed by atoms with van der Waals surface area (Å²) in [6.45, 7) is 4.38. The van der Waals surface area contributed by atoms with Gasteiger partial charge in [0.1, 0.15) is 16.9 Å². The van der Waals surface area contributed by atoms with E-state index in [-0.39, 0.29) is 17.2 Å². The Labute approximate surface area is 187 Å². The van der Waals surface area contributed by atoms with Crippen LogP contribution in [0.25, 0.3) is 33.5 Å². The van der Waals surface area contributed by atoms with Gasteiger partial charge in [-0.05, 0) is 21.9 Å². The Kier molecular flexibility index (Phi) is 5.09. The molecule has 3 aromatic heterocycles.